The minimum Gasteiger partial charge on any atom is -0.476 e. The number of hydrogen-bond acceptors (Lipinski definition) is 5. The first-order valence-corrected chi connectivity index (χ1v) is 8.55. The van der Waals surface area contributed by atoms with Gasteiger partial charge in [-0.05, 0) is 19.1 Å². The molecular weight excluding hydrogens is 356 g/mol. The number of nitrogens with zero attached hydrogens (tertiary/aromatic N) is 4. The Kier molecular flexibility index (Phi) is 5.39. The molecule has 26 heavy (non-hydrogen) atoms. The quantitative estimate of drug-likeness (QED) is 0.684. The summed E-state index contributed by atoms with van der Waals surface area (Å²) in [5.74, 6) is -0.332. The number of aromatic nitrogens is 3. The molecule has 2 aromatic heterocycles. The maximum Gasteiger partial charge on any atom is 0.356 e. The minimum atomic E-state index is -1.09. The molecule has 8 heteroatoms. The molecule has 0 atom stereocenters. The second-order valence-electron chi connectivity index (χ2n) is 5.68. The fourth-order valence-electron chi connectivity index (χ4n) is 2.69. The van der Waals surface area contributed by atoms with E-state index < -0.39 is 5.97 Å². The van der Waals surface area contributed by atoms with Crippen LogP contribution >= 0.6 is 11.6 Å². The Bertz CT molecular complexity index is 924. The predicted molar refractivity (Wildman–Crippen MR) is 100 cm³/mol. The summed E-state index contributed by atoms with van der Waals surface area (Å²) in [6.07, 6.45) is 0. The summed E-state index contributed by atoms with van der Waals surface area (Å²) >= 11 is 5.97. The summed E-state index contributed by atoms with van der Waals surface area (Å²) in [6, 6.07) is 10.7. The number of ether oxygens (including phenoxy) is 1. The number of rotatable bonds is 7. The molecule has 0 aliphatic heterocycles. The van der Waals surface area contributed by atoms with E-state index in [1.165, 1.54) is 6.07 Å². The highest BCUT2D eigenvalue weighted by atomic mass is 35.5. The molecule has 0 saturated carbocycles. The number of carboxylic acids is 1. The van der Waals surface area contributed by atoms with E-state index in [2.05, 4.69) is 15.0 Å². The first kappa shape index (κ1) is 18.2. The lowest BCUT2D eigenvalue weighted by Gasteiger charge is -2.23. The number of anilines is 1. The molecule has 1 aromatic carbocycles. The van der Waals surface area contributed by atoms with Crippen LogP contribution in [0.5, 0.6) is 0 Å². The second-order valence-corrected chi connectivity index (χ2v) is 6.12. The summed E-state index contributed by atoms with van der Waals surface area (Å²) in [4.78, 5) is 18.0. The van der Waals surface area contributed by atoms with Gasteiger partial charge in [0.25, 0.3) is 0 Å². The third-order valence-electron chi connectivity index (χ3n) is 4.04. The molecule has 0 fully saturated rings. The molecule has 136 valence electrons. The lowest BCUT2D eigenvalue weighted by atomic mass is 10.1. The molecule has 3 rings (SSSR count). The van der Waals surface area contributed by atoms with Crippen LogP contribution in [0.15, 0.2) is 36.4 Å². The average molecular weight is 375 g/mol. The van der Waals surface area contributed by atoms with Crippen molar-refractivity contribution in [2.45, 2.75) is 6.92 Å². The lowest BCUT2D eigenvalue weighted by Crippen LogP contribution is -2.29. The largest absolute Gasteiger partial charge is 0.476 e. The topological polar surface area (TPSA) is 80.0 Å². The van der Waals surface area contributed by atoms with Gasteiger partial charge in [0.15, 0.2) is 11.3 Å². The van der Waals surface area contributed by atoms with Crippen molar-refractivity contribution in [3.05, 3.63) is 47.1 Å². The Morgan fingerprint density at radius 1 is 1.31 bits per heavy atom. The second kappa shape index (κ2) is 7.72. The fraction of sp³-hybridized carbons (Fsp3) is 0.278. The van der Waals surface area contributed by atoms with Crippen molar-refractivity contribution < 1.29 is 14.6 Å². The standard InChI is InChI=1S/C18H19ClN4O3/c1-3-22(8-9-26-2)17-11-14(12-4-6-13(19)7-5-12)20-16-10-15(18(24)25)21-23(16)17/h4-7,10-11H,3,8-9H2,1-2H3,(H,24,25). The fourth-order valence-corrected chi connectivity index (χ4v) is 2.82. The molecule has 0 bridgehead atoms. The molecule has 3 aromatic rings. The van der Waals surface area contributed by atoms with Crippen LogP contribution in [0.2, 0.25) is 5.02 Å². The van der Waals surface area contributed by atoms with Crippen molar-refractivity contribution in [2.24, 2.45) is 0 Å². The van der Waals surface area contributed by atoms with Gasteiger partial charge in [-0.3, -0.25) is 0 Å². The Morgan fingerprint density at radius 2 is 2.04 bits per heavy atom. The number of hydrogen-bond donors (Lipinski definition) is 1. The Labute approximate surface area is 155 Å². The number of likely N-dealkylation sites (N-methyl/N-ethyl adjacent to an activating group) is 1. The van der Waals surface area contributed by atoms with Crippen molar-refractivity contribution >= 4 is 29.0 Å². The molecule has 0 saturated heterocycles. The maximum absolute atomic E-state index is 11.3. The Hall–Kier alpha value is -2.64. The summed E-state index contributed by atoms with van der Waals surface area (Å²) in [7, 11) is 1.64. The first-order valence-electron chi connectivity index (χ1n) is 8.17. The van der Waals surface area contributed by atoms with Crippen molar-refractivity contribution in [3.63, 3.8) is 0 Å². The van der Waals surface area contributed by atoms with Crippen molar-refractivity contribution in [1.29, 1.82) is 0 Å². The molecule has 2 heterocycles. The van der Waals surface area contributed by atoms with Crippen LogP contribution < -0.4 is 4.90 Å². The van der Waals surface area contributed by atoms with E-state index in [1.54, 1.807) is 23.8 Å². The number of benzene rings is 1. The van der Waals surface area contributed by atoms with Gasteiger partial charge in [-0.1, -0.05) is 23.7 Å². The molecule has 0 spiro atoms. The molecule has 1 N–H and O–H groups in total. The van der Waals surface area contributed by atoms with E-state index in [0.29, 0.717) is 30.4 Å². The highest BCUT2D eigenvalue weighted by molar-refractivity contribution is 6.30. The van der Waals surface area contributed by atoms with E-state index >= 15 is 0 Å². The Morgan fingerprint density at radius 3 is 2.65 bits per heavy atom. The molecule has 0 radical (unpaired) electrons. The Balaban J connectivity index is 2.17. The lowest BCUT2D eigenvalue weighted by molar-refractivity contribution is 0.0690. The van der Waals surface area contributed by atoms with Crippen LogP contribution in [0.4, 0.5) is 5.82 Å². The number of carboxylic acid groups (broad SMARTS) is 1. The van der Waals surface area contributed by atoms with Gasteiger partial charge in [0.1, 0.15) is 5.82 Å². The normalized spacial score (nSPS) is 11.0. The van der Waals surface area contributed by atoms with Crippen LogP contribution in [0.25, 0.3) is 16.9 Å². The molecule has 0 unspecified atom stereocenters. The molecule has 0 aliphatic carbocycles. The molecule has 7 nitrogen and oxygen atoms in total. The predicted octanol–water partition coefficient (Wildman–Crippen LogP) is 3.22. The summed E-state index contributed by atoms with van der Waals surface area (Å²) in [5.41, 5.74) is 2.03. The van der Waals surface area contributed by atoms with Crippen LogP contribution in [0, 0.1) is 0 Å². The number of aromatic carboxylic acids is 1. The van der Waals surface area contributed by atoms with Crippen molar-refractivity contribution in [2.75, 3.05) is 31.7 Å². The van der Waals surface area contributed by atoms with Gasteiger partial charge < -0.3 is 14.7 Å². The smallest absolute Gasteiger partial charge is 0.356 e. The average Bonchev–Trinajstić information content (AvgIpc) is 3.07. The molecular formula is C18H19ClN4O3. The summed E-state index contributed by atoms with van der Waals surface area (Å²) in [5, 5.41) is 14.1. The van der Waals surface area contributed by atoms with Crippen LogP contribution in [0.1, 0.15) is 17.4 Å². The van der Waals surface area contributed by atoms with Gasteiger partial charge in [-0.25, -0.2) is 9.78 Å². The summed E-state index contributed by atoms with van der Waals surface area (Å²) < 4.78 is 6.74. The number of halogens is 1. The van der Waals surface area contributed by atoms with Crippen molar-refractivity contribution in [3.8, 4) is 11.3 Å². The zero-order chi connectivity index (χ0) is 18.7. The maximum atomic E-state index is 11.3. The minimum absolute atomic E-state index is 0.0465. The summed E-state index contributed by atoms with van der Waals surface area (Å²) in [6.45, 7) is 3.92. The van der Waals surface area contributed by atoms with E-state index in [-0.39, 0.29) is 5.69 Å². The third-order valence-corrected chi connectivity index (χ3v) is 4.29. The van der Waals surface area contributed by atoms with Crippen molar-refractivity contribution in [1.82, 2.24) is 14.6 Å². The van der Waals surface area contributed by atoms with Gasteiger partial charge >= 0.3 is 5.97 Å². The van der Waals surface area contributed by atoms with E-state index in [9.17, 15) is 9.90 Å². The van der Waals surface area contributed by atoms with Crippen LogP contribution in [-0.4, -0.2) is 52.5 Å². The van der Waals surface area contributed by atoms with Crippen LogP contribution in [0.3, 0.4) is 0 Å². The van der Waals surface area contributed by atoms with Gasteiger partial charge in [-0.2, -0.15) is 9.61 Å². The number of carbonyl (C=O) groups is 1. The first-order chi connectivity index (χ1) is 12.5. The molecule has 0 aliphatic rings. The monoisotopic (exact) mass is 374 g/mol. The van der Waals surface area contributed by atoms with E-state index in [0.717, 1.165) is 17.1 Å². The number of fused-ring (bicyclic) bond motifs is 1. The molecule has 0 amide bonds. The van der Waals surface area contributed by atoms with Gasteiger partial charge in [0.05, 0.1) is 12.3 Å². The van der Waals surface area contributed by atoms with E-state index in [1.807, 2.05) is 25.1 Å². The van der Waals surface area contributed by atoms with Gasteiger partial charge in [0, 0.05) is 42.9 Å². The highest BCUT2D eigenvalue weighted by Crippen LogP contribution is 2.26. The van der Waals surface area contributed by atoms with Gasteiger partial charge in [-0.15, -0.1) is 0 Å². The highest BCUT2D eigenvalue weighted by Gasteiger charge is 2.17. The number of methoxy groups -OCH3 is 1. The van der Waals surface area contributed by atoms with Crippen LogP contribution in [-0.2, 0) is 4.74 Å². The third kappa shape index (κ3) is 3.63. The zero-order valence-electron chi connectivity index (χ0n) is 14.5. The zero-order valence-corrected chi connectivity index (χ0v) is 15.3. The van der Waals surface area contributed by atoms with Gasteiger partial charge in [0.2, 0.25) is 0 Å². The SMILES string of the molecule is CCN(CCOC)c1cc(-c2ccc(Cl)cc2)nc2cc(C(=O)O)nn12. The van der Waals surface area contributed by atoms with E-state index in [4.69, 9.17) is 16.3 Å².